The molecule has 3 heteroatoms. The predicted molar refractivity (Wildman–Crippen MR) is 111 cm³/mol. The maximum atomic E-state index is 13.4. The van der Waals surface area contributed by atoms with E-state index in [1.807, 2.05) is 13.8 Å². The fourth-order valence-electron chi connectivity index (χ4n) is 5.26. The molecule has 0 radical (unpaired) electrons. The normalized spacial score (nSPS) is 15.3. The average molecular weight is 386 g/mol. The zero-order valence-electron chi connectivity index (χ0n) is 16.0. The van der Waals surface area contributed by atoms with Gasteiger partial charge in [-0.05, 0) is 67.4 Å². The number of rotatable bonds is 0. The Labute approximate surface area is 166 Å². The van der Waals surface area contributed by atoms with Crippen molar-refractivity contribution in [2.45, 2.75) is 25.4 Å². The zero-order valence-corrected chi connectivity index (χ0v) is 16.0. The Morgan fingerprint density at radius 2 is 1.14 bits per heavy atom. The SMILES string of the molecule is CC1(C)c2cc(C(F)(F)F)ccc2-c2ccc3c4c(ccc1c24)-c1ccccc1-3. The van der Waals surface area contributed by atoms with Gasteiger partial charge in [0.25, 0.3) is 0 Å². The Balaban J connectivity index is 1.75. The molecule has 0 atom stereocenters. The van der Waals surface area contributed by atoms with Gasteiger partial charge < -0.3 is 0 Å². The molecule has 0 saturated heterocycles. The van der Waals surface area contributed by atoms with E-state index in [0.717, 1.165) is 22.3 Å². The molecule has 2 aliphatic rings. The summed E-state index contributed by atoms with van der Waals surface area (Å²) in [5, 5.41) is 2.40. The van der Waals surface area contributed by atoms with Gasteiger partial charge >= 0.3 is 6.18 Å². The first-order chi connectivity index (χ1) is 13.8. The van der Waals surface area contributed by atoms with Gasteiger partial charge in [-0.1, -0.05) is 68.4 Å². The number of hydrogen-bond donors (Lipinski definition) is 0. The standard InChI is InChI=1S/C26H17F3/c1-25(2)21-12-11-19-16-6-4-3-5-15(16)18-9-10-20(24(21)23(18)19)17-8-7-14(13-22(17)25)26(27,28)29/h3-13H,1-2H3. The van der Waals surface area contributed by atoms with Crippen molar-refractivity contribution < 1.29 is 13.2 Å². The predicted octanol–water partition coefficient (Wildman–Crippen LogP) is 7.81. The lowest BCUT2D eigenvalue weighted by Gasteiger charge is -2.36. The van der Waals surface area contributed by atoms with Crippen LogP contribution in [0.25, 0.3) is 44.2 Å². The van der Waals surface area contributed by atoms with Crippen molar-refractivity contribution in [1.82, 2.24) is 0 Å². The van der Waals surface area contributed by atoms with Gasteiger partial charge in [-0.25, -0.2) is 0 Å². The second-order valence-corrected chi connectivity index (χ2v) is 8.50. The van der Waals surface area contributed by atoms with Crippen molar-refractivity contribution in [2.24, 2.45) is 0 Å². The largest absolute Gasteiger partial charge is 0.416 e. The van der Waals surface area contributed by atoms with Crippen molar-refractivity contribution in [1.29, 1.82) is 0 Å². The van der Waals surface area contributed by atoms with Gasteiger partial charge in [0.2, 0.25) is 0 Å². The fourth-order valence-corrected chi connectivity index (χ4v) is 5.26. The highest BCUT2D eigenvalue weighted by molar-refractivity contribution is 6.20. The van der Waals surface area contributed by atoms with E-state index in [-0.39, 0.29) is 0 Å². The molecule has 29 heavy (non-hydrogen) atoms. The Hall–Kier alpha value is -3.07. The van der Waals surface area contributed by atoms with Crippen LogP contribution in [0.5, 0.6) is 0 Å². The van der Waals surface area contributed by atoms with E-state index in [1.54, 1.807) is 6.07 Å². The molecule has 4 aromatic rings. The van der Waals surface area contributed by atoms with E-state index in [0.29, 0.717) is 0 Å². The molecule has 0 amide bonds. The maximum absolute atomic E-state index is 13.4. The minimum absolute atomic E-state index is 0.518. The van der Waals surface area contributed by atoms with Crippen LogP contribution in [0.15, 0.2) is 66.7 Å². The van der Waals surface area contributed by atoms with Gasteiger partial charge in [0.05, 0.1) is 5.56 Å². The van der Waals surface area contributed by atoms with E-state index in [2.05, 4.69) is 48.5 Å². The van der Waals surface area contributed by atoms with Gasteiger partial charge in [0, 0.05) is 5.41 Å². The molecular weight excluding hydrogens is 369 g/mol. The second-order valence-electron chi connectivity index (χ2n) is 8.50. The molecule has 0 N–H and O–H groups in total. The van der Waals surface area contributed by atoms with Gasteiger partial charge in [-0.2, -0.15) is 13.2 Å². The topological polar surface area (TPSA) is 0 Å². The molecule has 0 nitrogen and oxygen atoms in total. The third-order valence-electron chi connectivity index (χ3n) is 6.65. The molecule has 0 fully saturated rings. The monoisotopic (exact) mass is 386 g/mol. The molecule has 2 aliphatic carbocycles. The summed E-state index contributed by atoms with van der Waals surface area (Å²) in [4.78, 5) is 0. The van der Waals surface area contributed by atoms with Crippen LogP contribution in [0, 0.1) is 0 Å². The highest BCUT2D eigenvalue weighted by Crippen LogP contribution is 2.56. The van der Waals surface area contributed by atoms with Crippen LogP contribution in [0.1, 0.15) is 30.5 Å². The summed E-state index contributed by atoms with van der Waals surface area (Å²) < 4.78 is 40.2. The number of alkyl halides is 3. The molecule has 6 rings (SSSR count). The summed E-state index contributed by atoms with van der Waals surface area (Å²) in [5.74, 6) is 0. The van der Waals surface area contributed by atoms with Crippen LogP contribution in [-0.4, -0.2) is 0 Å². The van der Waals surface area contributed by atoms with Gasteiger partial charge in [-0.15, -0.1) is 0 Å². The molecule has 0 saturated carbocycles. The lowest BCUT2D eigenvalue weighted by atomic mass is 9.67. The Kier molecular flexibility index (Phi) is 2.96. The van der Waals surface area contributed by atoms with Gasteiger partial charge in [0.1, 0.15) is 0 Å². The second kappa shape index (κ2) is 5.10. The van der Waals surface area contributed by atoms with Crippen LogP contribution in [0.2, 0.25) is 0 Å². The van der Waals surface area contributed by atoms with Gasteiger partial charge in [-0.3, -0.25) is 0 Å². The first kappa shape index (κ1) is 16.8. The average Bonchev–Trinajstić information content (AvgIpc) is 3.02. The van der Waals surface area contributed by atoms with Crippen LogP contribution in [0.4, 0.5) is 13.2 Å². The molecule has 0 aromatic heterocycles. The van der Waals surface area contributed by atoms with Crippen LogP contribution in [-0.2, 0) is 11.6 Å². The van der Waals surface area contributed by atoms with E-state index in [1.165, 1.54) is 45.2 Å². The van der Waals surface area contributed by atoms with Crippen LogP contribution < -0.4 is 0 Å². The van der Waals surface area contributed by atoms with E-state index in [9.17, 15) is 13.2 Å². The molecule has 0 aliphatic heterocycles. The Morgan fingerprint density at radius 1 is 0.586 bits per heavy atom. The van der Waals surface area contributed by atoms with Crippen molar-refractivity contribution in [3.8, 4) is 33.4 Å². The zero-order chi connectivity index (χ0) is 20.1. The van der Waals surface area contributed by atoms with E-state index < -0.39 is 17.2 Å². The van der Waals surface area contributed by atoms with Crippen molar-refractivity contribution in [3.05, 3.63) is 83.4 Å². The summed E-state index contributed by atoms with van der Waals surface area (Å²) in [6, 6.07) is 21.0. The third kappa shape index (κ3) is 2.00. The highest BCUT2D eigenvalue weighted by atomic mass is 19.4. The summed E-state index contributed by atoms with van der Waals surface area (Å²) in [7, 11) is 0. The van der Waals surface area contributed by atoms with E-state index >= 15 is 0 Å². The number of halogens is 3. The Bertz CT molecular complexity index is 1330. The van der Waals surface area contributed by atoms with Gasteiger partial charge in [0.15, 0.2) is 0 Å². The molecular formula is C26H17F3. The number of fused-ring (bicyclic) bond motifs is 5. The summed E-state index contributed by atoms with van der Waals surface area (Å²) in [6.07, 6.45) is -4.35. The molecule has 0 unspecified atom stereocenters. The summed E-state index contributed by atoms with van der Waals surface area (Å²) >= 11 is 0. The van der Waals surface area contributed by atoms with Crippen molar-refractivity contribution >= 4 is 10.8 Å². The minimum atomic E-state index is -4.35. The smallest absolute Gasteiger partial charge is 0.166 e. The third-order valence-corrected chi connectivity index (χ3v) is 6.65. The fraction of sp³-hybridized carbons (Fsp3) is 0.154. The number of hydrogen-bond acceptors (Lipinski definition) is 0. The quantitative estimate of drug-likeness (QED) is 0.255. The maximum Gasteiger partial charge on any atom is 0.416 e. The van der Waals surface area contributed by atoms with Crippen molar-refractivity contribution in [2.75, 3.05) is 0 Å². The number of benzene rings is 4. The summed E-state index contributed by atoms with van der Waals surface area (Å²) in [6.45, 7) is 4.06. The van der Waals surface area contributed by atoms with E-state index in [4.69, 9.17) is 0 Å². The first-order valence-corrected chi connectivity index (χ1v) is 9.70. The lowest BCUT2D eigenvalue weighted by Crippen LogP contribution is -2.24. The molecule has 0 heterocycles. The highest BCUT2D eigenvalue weighted by Gasteiger charge is 2.39. The molecule has 0 spiro atoms. The van der Waals surface area contributed by atoms with Crippen LogP contribution >= 0.6 is 0 Å². The summed E-state index contributed by atoms with van der Waals surface area (Å²) in [5.41, 5.74) is 7.51. The first-order valence-electron chi connectivity index (χ1n) is 9.70. The lowest BCUT2D eigenvalue weighted by molar-refractivity contribution is -0.137. The van der Waals surface area contributed by atoms with Crippen LogP contribution in [0.3, 0.4) is 0 Å². The molecule has 4 aromatic carbocycles. The molecule has 142 valence electrons. The van der Waals surface area contributed by atoms with Crippen molar-refractivity contribution in [3.63, 3.8) is 0 Å². The Morgan fingerprint density at radius 3 is 1.76 bits per heavy atom. The minimum Gasteiger partial charge on any atom is -0.166 e. The molecule has 0 bridgehead atoms.